The van der Waals surface area contributed by atoms with Crippen molar-refractivity contribution in [2.45, 2.75) is 19.9 Å². The van der Waals surface area contributed by atoms with Gasteiger partial charge in [0.05, 0.1) is 40.8 Å². The first-order chi connectivity index (χ1) is 15.9. The molecule has 1 heterocycles. The number of nitrogens with one attached hydrogen (secondary N) is 2. The van der Waals surface area contributed by atoms with Crippen molar-refractivity contribution in [2.75, 3.05) is 24.2 Å². The Morgan fingerprint density at radius 1 is 1.12 bits per heavy atom. The maximum atomic E-state index is 12.9. The van der Waals surface area contributed by atoms with Crippen LogP contribution in [0.15, 0.2) is 65.7 Å². The smallest absolute Gasteiger partial charge is 0.333 e. The number of anilines is 1. The van der Waals surface area contributed by atoms with E-state index in [0.29, 0.717) is 16.3 Å². The molecule has 0 bridgehead atoms. The highest BCUT2D eigenvalue weighted by atomic mass is 32.2. The monoisotopic (exact) mass is 467 g/mol. The highest BCUT2D eigenvalue weighted by Gasteiger charge is 2.29. The van der Waals surface area contributed by atoms with E-state index in [4.69, 9.17) is 4.74 Å². The van der Waals surface area contributed by atoms with Crippen LogP contribution in [0.5, 0.6) is 0 Å². The van der Waals surface area contributed by atoms with Crippen LogP contribution < -0.4 is 10.6 Å². The Balaban J connectivity index is 1.68. The van der Waals surface area contributed by atoms with Crippen LogP contribution in [0.4, 0.5) is 5.69 Å². The summed E-state index contributed by atoms with van der Waals surface area (Å²) in [5.41, 5.74) is 1.59. The van der Waals surface area contributed by atoms with E-state index >= 15 is 0 Å². The van der Waals surface area contributed by atoms with Gasteiger partial charge in [0.2, 0.25) is 11.8 Å². The fraction of sp³-hybridized carbons (Fsp3) is 0.250. The molecule has 0 saturated carbocycles. The van der Waals surface area contributed by atoms with Gasteiger partial charge in [-0.1, -0.05) is 54.2 Å². The molecule has 1 unspecified atom stereocenters. The van der Waals surface area contributed by atoms with Gasteiger partial charge in [0, 0.05) is 0 Å². The van der Waals surface area contributed by atoms with Gasteiger partial charge in [0.25, 0.3) is 5.91 Å². The minimum atomic E-state index is -0.574. The highest BCUT2D eigenvalue weighted by Crippen LogP contribution is 2.28. The summed E-state index contributed by atoms with van der Waals surface area (Å²) in [6, 6.07) is 16.0. The molecule has 0 aliphatic carbocycles. The van der Waals surface area contributed by atoms with Gasteiger partial charge < -0.3 is 15.4 Å². The molecular weight excluding hydrogens is 442 g/mol. The Bertz CT molecular complexity index is 1070. The van der Waals surface area contributed by atoms with E-state index in [0.717, 1.165) is 5.56 Å². The number of rotatable bonds is 8. The van der Waals surface area contributed by atoms with Crippen LogP contribution in [0.1, 0.15) is 35.8 Å². The number of hydrogen-bond donors (Lipinski definition) is 2. The van der Waals surface area contributed by atoms with Crippen molar-refractivity contribution in [1.29, 1.82) is 0 Å². The Kier molecular flexibility index (Phi) is 8.26. The van der Waals surface area contributed by atoms with Crippen LogP contribution in [0, 0.1) is 0 Å². The maximum absolute atomic E-state index is 12.9. The summed E-state index contributed by atoms with van der Waals surface area (Å²) in [4.78, 5) is 50.8. The van der Waals surface area contributed by atoms with E-state index in [1.54, 1.807) is 31.2 Å². The molecule has 33 heavy (non-hydrogen) atoms. The van der Waals surface area contributed by atoms with Crippen LogP contribution >= 0.6 is 11.8 Å². The van der Waals surface area contributed by atoms with Gasteiger partial charge in [-0.3, -0.25) is 19.3 Å². The Morgan fingerprint density at radius 2 is 1.82 bits per heavy atom. The predicted molar refractivity (Wildman–Crippen MR) is 126 cm³/mol. The molecule has 1 aliphatic heterocycles. The molecular formula is C24H25N3O5S. The number of nitrogens with zero attached hydrogens (tertiary/aromatic N) is 1. The van der Waals surface area contributed by atoms with Crippen LogP contribution in [-0.2, 0) is 19.1 Å². The quantitative estimate of drug-likeness (QED) is 0.457. The van der Waals surface area contributed by atoms with Crippen LogP contribution in [0.25, 0.3) is 0 Å². The second-order valence-electron chi connectivity index (χ2n) is 7.20. The van der Waals surface area contributed by atoms with E-state index in [-0.39, 0.29) is 36.8 Å². The van der Waals surface area contributed by atoms with Gasteiger partial charge in [-0.2, -0.15) is 0 Å². The molecule has 2 aromatic carbocycles. The molecule has 8 nitrogen and oxygen atoms in total. The third-order valence-electron chi connectivity index (χ3n) is 4.83. The summed E-state index contributed by atoms with van der Waals surface area (Å²) < 4.78 is 4.88. The minimum Gasteiger partial charge on any atom is -0.463 e. The van der Waals surface area contributed by atoms with Crippen LogP contribution in [-0.4, -0.2) is 47.5 Å². The topological polar surface area (TPSA) is 105 Å². The number of thioether (sulfide) groups is 1. The van der Waals surface area contributed by atoms with Crippen molar-refractivity contribution < 1.29 is 23.9 Å². The van der Waals surface area contributed by atoms with Gasteiger partial charge in [-0.25, -0.2) is 4.79 Å². The molecule has 0 radical (unpaired) electrons. The van der Waals surface area contributed by atoms with Gasteiger partial charge >= 0.3 is 5.97 Å². The predicted octanol–water partition coefficient (Wildman–Crippen LogP) is 3.10. The maximum Gasteiger partial charge on any atom is 0.333 e. The summed E-state index contributed by atoms with van der Waals surface area (Å²) in [5.74, 6) is -1.55. The fourth-order valence-corrected chi connectivity index (χ4v) is 4.14. The van der Waals surface area contributed by atoms with E-state index in [9.17, 15) is 19.2 Å². The average molecular weight is 468 g/mol. The molecule has 172 valence electrons. The summed E-state index contributed by atoms with van der Waals surface area (Å²) >= 11 is 1.17. The molecule has 3 rings (SSSR count). The zero-order valence-corrected chi connectivity index (χ0v) is 19.2. The van der Waals surface area contributed by atoms with Crippen LogP contribution in [0.2, 0.25) is 0 Å². The molecule has 2 N–H and O–H groups in total. The van der Waals surface area contributed by atoms with Crippen molar-refractivity contribution in [3.05, 3.63) is 76.8 Å². The molecule has 9 heteroatoms. The second kappa shape index (κ2) is 11.3. The number of carbonyl (C=O) groups excluding carboxylic acids is 4. The Hall–Kier alpha value is -3.59. The van der Waals surface area contributed by atoms with E-state index in [1.807, 2.05) is 37.3 Å². The largest absolute Gasteiger partial charge is 0.463 e. The zero-order chi connectivity index (χ0) is 23.8. The minimum absolute atomic E-state index is 0.134. The SMILES string of the molecule is CCOC(=O)/C=C1/SCC(=O)N1CC(=O)Nc1ccccc1C(=O)NC(C)c1ccccc1. The molecule has 0 aromatic heterocycles. The molecule has 1 atom stereocenters. The summed E-state index contributed by atoms with van der Waals surface area (Å²) in [5, 5.41) is 5.99. The summed E-state index contributed by atoms with van der Waals surface area (Å²) in [6.07, 6.45) is 1.21. The average Bonchev–Trinajstić information content (AvgIpc) is 3.13. The van der Waals surface area contributed by atoms with E-state index in [1.165, 1.54) is 22.7 Å². The summed E-state index contributed by atoms with van der Waals surface area (Å²) in [6.45, 7) is 3.49. The zero-order valence-electron chi connectivity index (χ0n) is 18.4. The Labute approximate surface area is 196 Å². The lowest BCUT2D eigenvalue weighted by molar-refractivity contribution is -0.137. The van der Waals surface area contributed by atoms with E-state index in [2.05, 4.69) is 10.6 Å². The number of carbonyl (C=O) groups is 4. The number of para-hydroxylation sites is 1. The third kappa shape index (κ3) is 6.45. The number of benzene rings is 2. The second-order valence-corrected chi connectivity index (χ2v) is 8.20. The fourth-order valence-electron chi connectivity index (χ4n) is 3.21. The number of hydrogen-bond acceptors (Lipinski definition) is 6. The Morgan fingerprint density at radius 3 is 2.55 bits per heavy atom. The van der Waals surface area contributed by atoms with Crippen molar-refractivity contribution >= 4 is 41.1 Å². The molecule has 1 saturated heterocycles. The van der Waals surface area contributed by atoms with Crippen molar-refractivity contribution in [1.82, 2.24) is 10.2 Å². The van der Waals surface area contributed by atoms with Gasteiger partial charge in [0.1, 0.15) is 6.54 Å². The van der Waals surface area contributed by atoms with E-state index < -0.39 is 11.9 Å². The highest BCUT2D eigenvalue weighted by molar-refractivity contribution is 8.04. The first kappa shape index (κ1) is 24.1. The molecule has 1 aliphatic rings. The number of esters is 1. The third-order valence-corrected chi connectivity index (χ3v) is 5.86. The standard InChI is InChI=1S/C24H25N3O5S/c1-3-32-23(30)13-22-27(21(29)15-33-22)14-20(28)26-19-12-8-7-11-18(19)24(31)25-16(2)17-9-5-4-6-10-17/h4-13,16H,3,14-15H2,1-2H3,(H,25,31)(H,26,28)/b22-13+. The van der Waals surface area contributed by atoms with Gasteiger partial charge in [-0.15, -0.1) is 0 Å². The lowest BCUT2D eigenvalue weighted by Crippen LogP contribution is -2.34. The van der Waals surface area contributed by atoms with Crippen molar-refractivity contribution in [3.8, 4) is 0 Å². The molecule has 1 fully saturated rings. The first-order valence-electron chi connectivity index (χ1n) is 10.4. The van der Waals surface area contributed by atoms with Crippen molar-refractivity contribution in [3.63, 3.8) is 0 Å². The van der Waals surface area contributed by atoms with Gasteiger partial charge in [-0.05, 0) is 31.5 Å². The number of amides is 3. The lowest BCUT2D eigenvalue weighted by atomic mass is 10.1. The summed E-state index contributed by atoms with van der Waals surface area (Å²) in [7, 11) is 0. The van der Waals surface area contributed by atoms with Gasteiger partial charge in [0.15, 0.2) is 0 Å². The first-order valence-corrected chi connectivity index (χ1v) is 11.4. The molecule has 3 amide bonds. The number of ether oxygens (including phenoxy) is 1. The lowest BCUT2D eigenvalue weighted by Gasteiger charge is -2.18. The van der Waals surface area contributed by atoms with Crippen LogP contribution in [0.3, 0.4) is 0 Å². The molecule has 2 aromatic rings. The normalized spacial score (nSPS) is 15.3. The molecule has 0 spiro atoms. The van der Waals surface area contributed by atoms with Crippen molar-refractivity contribution in [2.24, 2.45) is 0 Å².